The summed E-state index contributed by atoms with van der Waals surface area (Å²) in [6.45, 7) is 3.52. The maximum atomic E-state index is 13.7. The van der Waals surface area contributed by atoms with E-state index in [0.717, 1.165) is 58.3 Å². The number of nitrogens with zero attached hydrogens (tertiary/aromatic N) is 2. The molecule has 2 aromatic rings. The molecule has 2 amide bonds. The van der Waals surface area contributed by atoms with Gasteiger partial charge in [0.05, 0.1) is 11.9 Å². The molecule has 36 heavy (non-hydrogen) atoms. The Morgan fingerprint density at radius 1 is 1.06 bits per heavy atom. The topological polar surface area (TPSA) is 86.8 Å². The van der Waals surface area contributed by atoms with Crippen LogP contribution in [0, 0.1) is 0 Å². The van der Waals surface area contributed by atoms with Gasteiger partial charge in [-0.1, -0.05) is 66.4 Å². The van der Waals surface area contributed by atoms with Gasteiger partial charge < -0.3 is 10.2 Å². The van der Waals surface area contributed by atoms with Gasteiger partial charge >= 0.3 is 0 Å². The normalized spacial score (nSPS) is 15.2. The number of rotatable bonds is 10. The van der Waals surface area contributed by atoms with E-state index in [1.807, 2.05) is 43.3 Å². The van der Waals surface area contributed by atoms with E-state index in [1.165, 1.54) is 11.3 Å². The number of hydrogen-bond acceptors (Lipinski definition) is 4. The highest BCUT2D eigenvalue weighted by Crippen LogP contribution is 2.22. The molecule has 0 heterocycles. The minimum Gasteiger partial charge on any atom is -0.352 e. The zero-order valence-corrected chi connectivity index (χ0v) is 23.6. The van der Waals surface area contributed by atoms with Crippen LogP contribution in [-0.2, 0) is 32.6 Å². The van der Waals surface area contributed by atoms with Gasteiger partial charge in [0.2, 0.25) is 21.8 Å². The van der Waals surface area contributed by atoms with Gasteiger partial charge in [0.25, 0.3) is 0 Å². The van der Waals surface area contributed by atoms with Crippen LogP contribution in [0.5, 0.6) is 0 Å². The monoisotopic (exact) mass is 577 g/mol. The van der Waals surface area contributed by atoms with Crippen LogP contribution in [0.4, 0.5) is 5.69 Å². The van der Waals surface area contributed by atoms with Crippen molar-refractivity contribution in [1.82, 2.24) is 10.2 Å². The van der Waals surface area contributed by atoms with Crippen molar-refractivity contribution in [2.24, 2.45) is 0 Å². The first kappa shape index (κ1) is 28.2. The molecular formula is C27H36BrN3O4S. The number of hydrogen-bond donors (Lipinski definition) is 1. The standard InChI is InChI=1S/C27H36BrN3O4S/c1-4-21-13-15-25(16-14-21)31(36(3,34)35)19-26(32)30(18-22-9-8-10-23(28)17-22)20(2)27(33)29-24-11-6-5-7-12-24/h8-10,13-17,20,24H,4-7,11-12,18-19H2,1-3H3,(H,29,33). The van der Waals surface area contributed by atoms with Gasteiger partial charge in [0.15, 0.2) is 0 Å². The second-order valence-corrected chi connectivity index (χ2v) is 12.3. The molecule has 3 rings (SSSR count). The molecule has 9 heteroatoms. The summed E-state index contributed by atoms with van der Waals surface area (Å²) in [7, 11) is -3.74. The molecule has 0 aliphatic heterocycles. The molecule has 196 valence electrons. The number of amides is 2. The van der Waals surface area contributed by atoms with Crippen LogP contribution in [0.15, 0.2) is 53.0 Å². The van der Waals surface area contributed by atoms with Gasteiger partial charge in [-0.25, -0.2) is 8.42 Å². The quantitative estimate of drug-likeness (QED) is 0.445. The molecule has 1 fully saturated rings. The summed E-state index contributed by atoms with van der Waals surface area (Å²) in [6.07, 6.45) is 7.13. The molecule has 7 nitrogen and oxygen atoms in total. The highest BCUT2D eigenvalue weighted by atomic mass is 79.9. The first-order valence-electron chi connectivity index (χ1n) is 12.5. The first-order chi connectivity index (χ1) is 17.1. The third kappa shape index (κ3) is 7.80. The molecule has 0 bridgehead atoms. The van der Waals surface area contributed by atoms with E-state index in [4.69, 9.17) is 0 Å². The molecule has 1 aliphatic rings. The largest absolute Gasteiger partial charge is 0.352 e. The van der Waals surface area contributed by atoms with Gasteiger partial charge in [-0.05, 0) is 61.6 Å². The van der Waals surface area contributed by atoms with Gasteiger partial charge in [0.1, 0.15) is 12.6 Å². The lowest BCUT2D eigenvalue weighted by atomic mass is 9.95. The zero-order chi connectivity index (χ0) is 26.3. The number of halogens is 1. The summed E-state index contributed by atoms with van der Waals surface area (Å²) in [5.41, 5.74) is 2.33. The Kier molecular flexibility index (Phi) is 9.96. The SMILES string of the molecule is CCc1ccc(N(CC(=O)N(Cc2cccc(Br)c2)C(C)C(=O)NC2CCCCC2)S(C)(=O)=O)cc1. The maximum absolute atomic E-state index is 13.7. The fourth-order valence-electron chi connectivity index (χ4n) is 4.49. The Morgan fingerprint density at radius 3 is 2.31 bits per heavy atom. The molecule has 0 radical (unpaired) electrons. The number of carbonyl (C=O) groups excluding carboxylic acids is 2. The smallest absolute Gasteiger partial charge is 0.244 e. The number of carbonyl (C=O) groups is 2. The number of aryl methyl sites for hydroxylation is 1. The van der Waals surface area contributed by atoms with Crippen molar-refractivity contribution in [3.63, 3.8) is 0 Å². The van der Waals surface area contributed by atoms with E-state index in [2.05, 4.69) is 21.2 Å². The van der Waals surface area contributed by atoms with E-state index in [1.54, 1.807) is 19.1 Å². The van der Waals surface area contributed by atoms with Crippen LogP contribution in [0.2, 0.25) is 0 Å². The Morgan fingerprint density at radius 2 is 1.72 bits per heavy atom. The van der Waals surface area contributed by atoms with Gasteiger partial charge in [-0.15, -0.1) is 0 Å². The molecule has 1 unspecified atom stereocenters. The van der Waals surface area contributed by atoms with Crippen molar-refractivity contribution in [3.05, 3.63) is 64.1 Å². The summed E-state index contributed by atoms with van der Waals surface area (Å²) in [5.74, 6) is -0.658. The van der Waals surface area contributed by atoms with Crippen molar-refractivity contribution in [2.45, 2.75) is 71.0 Å². The minimum absolute atomic E-state index is 0.112. The lowest BCUT2D eigenvalue weighted by Gasteiger charge is -2.33. The Hall–Kier alpha value is -2.39. The summed E-state index contributed by atoms with van der Waals surface area (Å²) < 4.78 is 27.3. The number of anilines is 1. The molecule has 1 atom stereocenters. The van der Waals surface area contributed by atoms with Crippen LogP contribution >= 0.6 is 15.9 Å². The van der Waals surface area contributed by atoms with Crippen LogP contribution in [0.3, 0.4) is 0 Å². The average Bonchev–Trinajstić information content (AvgIpc) is 2.85. The van der Waals surface area contributed by atoms with Crippen LogP contribution in [-0.4, -0.2) is 50.0 Å². The molecule has 0 saturated heterocycles. The lowest BCUT2D eigenvalue weighted by Crippen LogP contribution is -2.52. The second-order valence-electron chi connectivity index (χ2n) is 9.46. The molecule has 1 aliphatic carbocycles. The minimum atomic E-state index is -3.74. The summed E-state index contributed by atoms with van der Waals surface area (Å²) in [6, 6.07) is 14.0. The van der Waals surface area contributed by atoms with E-state index in [0.29, 0.717) is 5.69 Å². The summed E-state index contributed by atoms with van der Waals surface area (Å²) >= 11 is 3.46. The molecule has 0 spiro atoms. The van der Waals surface area contributed by atoms with Crippen molar-refractivity contribution in [2.75, 3.05) is 17.1 Å². The van der Waals surface area contributed by atoms with E-state index in [9.17, 15) is 18.0 Å². The summed E-state index contributed by atoms with van der Waals surface area (Å²) in [5, 5.41) is 3.11. The highest BCUT2D eigenvalue weighted by molar-refractivity contribution is 9.10. The van der Waals surface area contributed by atoms with E-state index in [-0.39, 0.29) is 25.0 Å². The van der Waals surface area contributed by atoms with E-state index >= 15 is 0 Å². The third-order valence-corrected chi connectivity index (χ3v) is 8.31. The fourth-order valence-corrected chi connectivity index (χ4v) is 5.79. The molecule has 0 aromatic heterocycles. The lowest BCUT2D eigenvalue weighted by molar-refractivity contribution is -0.139. The van der Waals surface area contributed by atoms with E-state index < -0.39 is 22.0 Å². The Bertz CT molecular complexity index is 1150. The van der Waals surface area contributed by atoms with Gasteiger partial charge in [-0.3, -0.25) is 13.9 Å². The van der Waals surface area contributed by atoms with Crippen LogP contribution < -0.4 is 9.62 Å². The number of sulfonamides is 1. The maximum Gasteiger partial charge on any atom is 0.244 e. The predicted octanol–water partition coefficient (Wildman–Crippen LogP) is 4.64. The van der Waals surface area contributed by atoms with Crippen molar-refractivity contribution in [3.8, 4) is 0 Å². The van der Waals surface area contributed by atoms with Crippen LogP contribution in [0.25, 0.3) is 0 Å². The third-order valence-electron chi connectivity index (χ3n) is 6.67. The van der Waals surface area contributed by atoms with Crippen molar-refractivity contribution < 1.29 is 18.0 Å². The van der Waals surface area contributed by atoms with Crippen LogP contribution in [0.1, 0.15) is 57.1 Å². The van der Waals surface area contributed by atoms with Crippen molar-refractivity contribution >= 4 is 43.5 Å². The Labute approximate surface area is 223 Å². The predicted molar refractivity (Wildman–Crippen MR) is 147 cm³/mol. The van der Waals surface area contributed by atoms with Gasteiger partial charge in [-0.2, -0.15) is 0 Å². The number of nitrogens with one attached hydrogen (secondary N) is 1. The molecule has 1 saturated carbocycles. The molecular weight excluding hydrogens is 542 g/mol. The van der Waals surface area contributed by atoms with Gasteiger partial charge in [0, 0.05) is 17.1 Å². The first-order valence-corrected chi connectivity index (χ1v) is 15.1. The summed E-state index contributed by atoms with van der Waals surface area (Å²) in [4.78, 5) is 28.3. The molecule has 1 N–H and O–H groups in total. The average molecular weight is 579 g/mol. The highest BCUT2D eigenvalue weighted by Gasteiger charge is 2.31. The van der Waals surface area contributed by atoms with Crippen molar-refractivity contribution in [1.29, 1.82) is 0 Å². The molecule has 2 aromatic carbocycles. The zero-order valence-electron chi connectivity index (χ0n) is 21.2. The Balaban J connectivity index is 1.86. The second kappa shape index (κ2) is 12.7. The fraction of sp³-hybridized carbons (Fsp3) is 0.481. The number of benzene rings is 2.